The van der Waals surface area contributed by atoms with Gasteiger partial charge < -0.3 is 20.6 Å². The highest BCUT2D eigenvalue weighted by molar-refractivity contribution is 5.81. The first-order valence-corrected chi connectivity index (χ1v) is 9.68. The zero-order chi connectivity index (χ0) is 19.6. The van der Waals surface area contributed by atoms with Crippen molar-refractivity contribution in [1.82, 2.24) is 19.9 Å². The van der Waals surface area contributed by atoms with Gasteiger partial charge >= 0.3 is 0 Å². The second-order valence-corrected chi connectivity index (χ2v) is 7.25. The number of fused-ring (bicyclic) bond motifs is 2. The highest BCUT2D eigenvalue weighted by atomic mass is 15.1. The van der Waals surface area contributed by atoms with Gasteiger partial charge in [0.25, 0.3) is 0 Å². The van der Waals surface area contributed by atoms with Crippen molar-refractivity contribution < 1.29 is 0 Å². The molecule has 0 spiro atoms. The minimum absolute atomic E-state index is 0.612. The quantitative estimate of drug-likeness (QED) is 0.334. The Morgan fingerprint density at radius 2 is 1.62 bits per heavy atom. The second kappa shape index (κ2) is 7.31. The molecule has 0 aliphatic rings. The minimum atomic E-state index is 0.612. The Kier molecular flexibility index (Phi) is 4.37. The summed E-state index contributed by atoms with van der Waals surface area (Å²) in [6.45, 7) is 3.46. The van der Waals surface area contributed by atoms with Crippen LogP contribution in [-0.4, -0.2) is 19.9 Å². The first kappa shape index (κ1) is 17.3. The van der Waals surface area contributed by atoms with Gasteiger partial charge in [0.1, 0.15) is 5.82 Å². The Morgan fingerprint density at radius 1 is 0.828 bits per heavy atom. The number of aromatic nitrogens is 4. The largest absolute Gasteiger partial charge is 0.366 e. The molecular formula is C23H22N6. The number of aryl methyl sites for hydroxylation is 1. The molecule has 0 aliphatic carbocycles. The molecule has 5 rings (SSSR count). The molecule has 2 aromatic carbocycles. The maximum Gasteiger partial charge on any atom is 0.224 e. The fraction of sp³-hybridized carbons (Fsp3) is 0.130. The Hall–Kier alpha value is -3.80. The summed E-state index contributed by atoms with van der Waals surface area (Å²) in [6, 6.07) is 18.9. The van der Waals surface area contributed by atoms with Gasteiger partial charge in [-0.1, -0.05) is 12.1 Å². The molecule has 29 heavy (non-hydrogen) atoms. The summed E-state index contributed by atoms with van der Waals surface area (Å²) in [5, 5.41) is 9.12. The number of nitrogens with zero attached hydrogens (tertiary/aromatic N) is 2. The molecule has 0 fully saturated rings. The second-order valence-electron chi connectivity index (χ2n) is 7.25. The number of hydrogen-bond acceptors (Lipinski definition) is 4. The predicted octanol–water partition coefficient (Wildman–Crippen LogP) is 4.97. The van der Waals surface area contributed by atoms with Crippen LogP contribution >= 0.6 is 0 Å². The zero-order valence-electron chi connectivity index (χ0n) is 16.2. The lowest BCUT2D eigenvalue weighted by Crippen LogP contribution is -2.06. The van der Waals surface area contributed by atoms with E-state index in [1.165, 1.54) is 27.6 Å². The normalized spacial score (nSPS) is 11.2. The van der Waals surface area contributed by atoms with E-state index in [1.807, 2.05) is 12.3 Å². The van der Waals surface area contributed by atoms with Crippen molar-refractivity contribution in [3.63, 3.8) is 0 Å². The fourth-order valence-corrected chi connectivity index (χ4v) is 3.57. The molecule has 0 saturated carbocycles. The van der Waals surface area contributed by atoms with Crippen LogP contribution in [0.5, 0.6) is 0 Å². The molecule has 3 heterocycles. The van der Waals surface area contributed by atoms with Gasteiger partial charge in [-0.3, -0.25) is 0 Å². The van der Waals surface area contributed by atoms with Gasteiger partial charge in [0, 0.05) is 42.2 Å². The molecule has 4 N–H and O–H groups in total. The summed E-state index contributed by atoms with van der Waals surface area (Å²) >= 11 is 0. The third kappa shape index (κ3) is 3.78. The molecule has 0 radical (unpaired) electrons. The molecule has 3 aromatic heterocycles. The van der Waals surface area contributed by atoms with Crippen molar-refractivity contribution >= 4 is 33.6 Å². The fourth-order valence-electron chi connectivity index (χ4n) is 3.57. The number of anilines is 2. The Labute approximate surface area is 168 Å². The molecule has 0 aliphatic heterocycles. The van der Waals surface area contributed by atoms with Crippen LogP contribution in [-0.2, 0) is 13.1 Å². The lowest BCUT2D eigenvalue weighted by Gasteiger charge is -2.09. The monoisotopic (exact) mass is 382 g/mol. The van der Waals surface area contributed by atoms with E-state index < -0.39 is 0 Å². The van der Waals surface area contributed by atoms with E-state index in [-0.39, 0.29) is 0 Å². The third-order valence-corrected chi connectivity index (χ3v) is 5.02. The van der Waals surface area contributed by atoms with E-state index in [4.69, 9.17) is 0 Å². The van der Waals surface area contributed by atoms with E-state index in [0.29, 0.717) is 19.0 Å². The summed E-state index contributed by atoms with van der Waals surface area (Å²) in [7, 11) is 0. The van der Waals surface area contributed by atoms with Crippen LogP contribution < -0.4 is 10.6 Å². The average Bonchev–Trinajstić information content (AvgIpc) is 3.35. The lowest BCUT2D eigenvalue weighted by molar-refractivity contribution is 1.04. The molecule has 6 nitrogen and oxygen atoms in total. The first-order valence-electron chi connectivity index (χ1n) is 9.68. The van der Waals surface area contributed by atoms with Gasteiger partial charge in [-0.05, 0) is 71.3 Å². The molecule has 6 heteroatoms. The highest BCUT2D eigenvalue weighted by Gasteiger charge is 2.03. The highest BCUT2D eigenvalue weighted by Crippen LogP contribution is 2.18. The van der Waals surface area contributed by atoms with Gasteiger partial charge in [-0.2, -0.15) is 4.98 Å². The number of rotatable bonds is 6. The number of aromatic amines is 2. The standard InChI is InChI=1S/C23H22N6/c1-15-10-19-12-17(3-5-21(19)28-15)13-26-22-7-9-25-23(29-22)27-14-16-2-4-20-18(11-16)6-8-24-20/h2-12,24,28H,13-14H2,1H3,(H2,25,26,27,29). The number of nitrogens with one attached hydrogen (secondary N) is 4. The van der Waals surface area contributed by atoms with Crippen molar-refractivity contribution in [1.29, 1.82) is 0 Å². The van der Waals surface area contributed by atoms with Crippen LogP contribution in [0.3, 0.4) is 0 Å². The lowest BCUT2D eigenvalue weighted by atomic mass is 10.1. The Balaban J connectivity index is 1.23. The molecular weight excluding hydrogens is 360 g/mol. The minimum Gasteiger partial charge on any atom is -0.366 e. The number of hydrogen-bond donors (Lipinski definition) is 4. The zero-order valence-corrected chi connectivity index (χ0v) is 16.2. The van der Waals surface area contributed by atoms with Gasteiger partial charge in [0.2, 0.25) is 5.95 Å². The van der Waals surface area contributed by atoms with Crippen molar-refractivity contribution in [3.8, 4) is 0 Å². The molecule has 0 amide bonds. The molecule has 0 atom stereocenters. The summed E-state index contributed by atoms with van der Waals surface area (Å²) < 4.78 is 0. The van der Waals surface area contributed by atoms with Crippen molar-refractivity contribution in [2.45, 2.75) is 20.0 Å². The van der Waals surface area contributed by atoms with Crippen molar-refractivity contribution in [2.24, 2.45) is 0 Å². The van der Waals surface area contributed by atoms with Gasteiger partial charge in [-0.15, -0.1) is 0 Å². The van der Waals surface area contributed by atoms with Crippen LogP contribution in [0.2, 0.25) is 0 Å². The maximum atomic E-state index is 4.58. The number of benzene rings is 2. The third-order valence-electron chi connectivity index (χ3n) is 5.02. The van der Waals surface area contributed by atoms with Crippen LogP contribution in [0, 0.1) is 6.92 Å². The number of H-pyrrole nitrogens is 2. The summed E-state index contributed by atoms with van der Waals surface area (Å²) in [6.07, 6.45) is 3.72. The topological polar surface area (TPSA) is 81.4 Å². The van der Waals surface area contributed by atoms with Crippen LogP contribution in [0.1, 0.15) is 16.8 Å². The van der Waals surface area contributed by atoms with Crippen molar-refractivity contribution in [2.75, 3.05) is 10.6 Å². The Bertz CT molecular complexity index is 1280. The van der Waals surface area contributed by atoms with E-state index in [1.54, 1.807) is 6.20 Å². The smallest absolute Gasteiger partial charge is 0.224 e. The van der Waals surface area contributed by atoms with Gasteiger partial charge in [-0.25, -0.2) is 4.98 Å². The molecule has 5 aromatic rings. The van der Waals surface area contributed by atoms with Gasteiger partial charge in [0.05, 0.1) is 0 Å². The summed E-state index contributed by atoms with van der Waals surface area (Å²) in [4.78, 5) is 15.5. The van der Waals surface area contributed by atoms with Crippen LogP contribution in [0.4, 0.5) is 11.8 Å². The molecule has 144 valence electrons. The van der Waals surface area contributed by atoms with E-state index >= 15 is 0 Å². The SMILES string of the molecule is Cc1cc2cc(CNc3ccnc(NCc4ccc5[nH]ccc5c4)n3)ccc2[nH]1. The van der Waals surface area contributed by atoms with Gasteiger partial charge in [0.15, 0.2) is 0 Å². The molecule has 0 bridgehead atoms. The van der Waals surface area contributed by atoms with E-state index in [9.17, 15) is 0 Å². The van der Waals surface area contributed by atoms with Crippen LogP contribution in [0.25, 0.3) is 21.8 Å². The maximum absolute atomic E-state index is 4.58. The van der Waals surface area contributed by atoms with E-state index in [0.717, 1.165) is 16.9 Å². The average molecular weight is 382 g/mol. The molecule has 0 saturated heterocycles. The summed E-state index contributed by atoms with van der Waals surface area (Å²) in [5.74, 6) is 1.41. The first-order chi connectivity index (χ1) is 14.2. The summed E-state index contributed by atoms with van der Waals surface area (Å²) in [5.41, 5.74) is 5.88. The van der Waals surface area contributed by atoms with E-state index in [2.05, 4.69) is 86.0 Å². The molecule has 0 unspecified atom stereocenters. The predicted molar refractivity (Wildman–Crippen MR) is 118 cm³/mol. The van der Waals surface area contributed by atoms with Crippen LogP contribution in [0.15, 0.2) is 67.0 Å². The van der Waals surface area contributed by atoms with Crippen molar-refractivity contribution in [3.05, 3.63) is 83.8 Å². The Morgan fingerprint density at radius 3 is 2.52 bits per heavy atom.